The minimum absolute atomic E-state index is 0.0839. The van der Waals surface area contributed by atoms with Crippen molar-refractivity contribution in [2.24, 2.45) is 10.6 Å². The molecule has 0 bridgehead atoms. The summed E-state index contributed by atoms with van der Waals surface area (Å²) in [7, 11) is -0.473. The van der Waals surface area contributed by atoms with E-state index in [1.165, 1.54) is 43.0 Å². The molecule has 2 saturated heterocycles. The maximum Gasteiger partial charge on any atom is 0.406 e. The SMILES string of the molecule is COc1cc(S(N)(=O)=O)ccc1NCC#Cc1cc2c(N(C)[C@H]3CC[C@@H](N4CC5(CCOCC5)C4)CC3)cccc2n1CC(F)(F)F. The lowest BCUT2D eigenvalue weighted by Gasteiger charge is -2.56. The molecule has 9 nitrogen and oxygen atoms in total. The minimum atomic E-state index is -4.43. The molecule has 3 aromatic rings. The summed E-state index contributed by atoms with van der Waals surface area (Å²) in [6, 6.07) is 12.3. The Kier molecular flexibility index (Phi) is 9.41. The van der Waals surface area contributed by atoms with Gasteiger partial charge in [-0.3, -0.25) is 4.90 Å². The number of aromatic nitrogens is 1. The molecule has 2 aromatic carbocycles. The maximum atomic E-state index is 13.8. The second kappa shape index (κ2) is 13.2. The van der Waals surface area contributed by atoms with Gasteiger partial charge in [-0.15, -0.1) is 0 Å². The second-order valence-corrected chi connectivity index (χ2v) is 14.7. The van der Waals surface area contributed by atoms with Crippen LogP contribution >= 0.6 is 0 Å². The van der Waals surface area contributed by atoms with Gasteiger partial charge in [-0.2, -0.15) is 13.2 Å². The molecule has 254 valence electrons. The van der Waals surface area contributed by atoms with E-state index in [2.05, 4.69) is 27.0 Å². The van der Waals surface area contributed by atoms with E-state index in [0.717, 1.165) is 62.8 Å². The fourth-order valence-electron chi connectivity index (χ4n) is 7.50. The molecule has 1 aromatic heterocycles. The first-order chi connectivity index (χ1) is 22.4. The van der Waals surface area contributed by atoms with E-state index in [1.54, 1.807) is 12.1 Å². The van der Waals surface area contributed by atoms with Gasteiger partial charge in [0, 0.05) is 68.0 Å². The molecule has 1 spiro atoms. The van der Waals surface area contributed by atoms with Crippen molar-refractivity contribution >= 4 is 32.3 Å². The normalized spacial score (nSPS) is 21.6. The van der Waals surface area contributed by atoms with Gasteiger partial charge >= 0.3 is 6.18 Å². The number of primary sulfonamides is 1. The van der Waals surface area contributed by atoms with Crippen LogP contribution in [-0.2, 0) is 21.3 Å². The summed E-state index contributed by atoms with van der Waals surface area (Å²) in [5.41, 5.74) is 2.58. The molecule has 0 atom stereocenters. The molecule has 2 aliphatic heterocycles. The van der Waals surface area contributed by atoms with Crippen LogP contribution in [0.2, 0.25) is 0 Å². The number of likely N-dealkylation sites (tertiary alicyclic amines) is 1. The highest BCUT2D eigenvalue weighted by molar-refractivity contribution is 7.89. The lowest BCUT2D eigenvalue weighted by atomic mass is 9.71. The van der Waals surface area contributed by atoms with Gasteiger partial charge in [0.15, 0.2) is 0 Å². The Morgan fingerprint density at radius 1 is 1.11 bits per heavy atom. The number of fused-ring (bicyclic) bond motifs is 1. The summed E-state index contributed by atoms with van der Waals surface area (Å²) in [5, 5.41) is 8.99. The van der Waals surface area contributed by atoms with E-state index in [0.29, 0.717) is 28.7 Å². The number of anilines is 2. The average molecular weight is 674 g/mol. The van der Waals surface area contributed by atoms with Crippen LogP contribution in [0.4, 0.5) is 24.5 Å². The molecule has 47 heavy (non-hydrogen) atoms. The van der Waals surface area contributed by atoms with Crippen LogP contribution in [0.25, 0.3) is 10.9 Å². The van der Waals surface area contributed by atoms with Gasteiger partial charge in [-0.05, 0) is 74.8 Å². The number of ether oxygens (including phenoxy) is 2. The molecule has 0 unspecified atom stereocenters. The van der Waals surface area contributed by atoms with Crippen LogP contribution < -0.4 is 20.1 Å². The first-order valence-electron chi connectivity index (χ1n) is 16.0. The molecule has 1 saturated carbocycles. The molecule has 3 heterocycles. The minimum Gasteiger partial charge on any atom is -0.495 e. The van der Waals surface area contributed by atoms with Crippen molar-refractivity contribution in [2.45, 2.75) is 68.2 Å². The molecule has 6 rings (SSSR count). The van der Waals surface area contributed by atoms with E-state index in [1.807, 2.05) is 19.2 Å². The van der Waals surface area contributed by atoms with Gasteiger partial charge in [0.2, 0.25) is 10.0 Å². The zero-order chi connectivity index (χ0) is 33.4. The third-order valence-electron chi connectivity index (χ3n) is 10.1. The Morgan fingerprint density at radius 3 is 2.49 bits per heavy atom. The van der Waals surface area contributed by atoms with Crippen molar-refractivity contribution in [2.75, 3.05) is 57.2 Å². The summed E-state index contributed by atoms with van der Waals surface area (Å²) in [4.78, 5) is 4.79. The van der Waals surface area contributed by atoms with E-state index in [4.69, 9.17) is 14.6 Å². The van der Waals surface area contributed by atoms with Crippen molar-refractivity contribution in [1.82, 2.24) is 9.47 Å². The van der Waals surface area contributed by atoms with Crippen molar-refractivity contribution in [1.29, 1.82) is 0 Å². The largest absolute Gasteiger partial charge is 0.495 e. The Hall–Kier alpha value is -3.44. The fraction of sp³-hybridized carbons (Fsp3) is 0.529. The Bertz CT molecular complexity index is 1760. The van der Waals surface area contributed by atoms with Crippen LogP contribution in [0.5, 0.6) is 5.75 Å². The van der Waals surface area contributed by atoms with Gasteiger partial charge in [0.05, 0.1) is 35.4 Å². The highest BCUT2D eigenvalue weighted by Crippen LogP contribution is 2.43. The first kappa shape index (κ1) is 33.5. The zero-order valence-electron chi connectivity index (χ0n) is 26.8. The topological polar surface area (TPSA) is 102 Å². The quantitative estimate of drug-likeness (QED) is 0.318. The number of hydrogen-bond acceptors (Lipinski definition) is 7. The molecular formula is C34H42F3N5O4S. The van der Waals surface area contributed by atoms with Crippen molar-refractivity contribution < 1.29 is 31.1 Å². The van der Waals surface area contributed by atoms with Crippen LogP contribution in [-0.4, -0.2) is 83.2 Å². The fourth-order valence-corrected chi connectivity index (χ4v) is 8.03. The number of methoxy groups -OCH3 is 1. The summed E-state index contributed by atoms with van der Waals surface area (Å²) < 4.78 is 76.8. The van der Waals surface area contributed by atoms with Crippen LogP contribution in [0.3, 0.4) is 0 Å². The second-order valence-electron chi connectivity index (χ2n) is 13.1. The third kappa shape index (κ3) is 7.36. The predicted molar refractivity (Wildman–Crippen MR) is 176 cm³/mol. The van der Waals surface area contributed by atoms with E-state index in [9.17, 15) is 21.6 Å². The number of hydrogen-bond donors (Lipinski definition) is 2. The summed E-state index contributed by atoms with van der Waals surface area (Å²) in [6.45, 7) is 3.03. The Morgan fingerprint density at radius 2 is 1.83 bits per heavy atom. The van der Waals surface area contributed by atoms with E-state index in [-0.39, 0.29) is 22.9 Å². The number of rotatable bonds is 8. The molecule has 3 N–H and O–H groups in total. The van der Waals surface area contributed by atoms with Crippen molar-refractivity contribution in [3.63, 3.8) is 0 Å². The third-order valence-corrected chi connectivity index (χ3v) is 11.0. The average Bonchev–Trinajstić information content (AvgIpc) is 3.37. The lowest BCUT2D eigenvalue weighted by molar-refractivity contribution is -0.140. The van der Waals surface area contributed by atoms with Gasteiger partial charge in [0.1, 0.15) is 12.3 Å². The van der Waals surface area contributed by atoms with Gasteiger partial charge in [-0.25, -0.2) is 13.6 Å². The molecule has 0 radical (unpaired) electrons. The number of nitrogens with zero attached hydrogens (tertiary/aromatic N) is 3. The molecule has 3 fully saturated rings. The zero-order valence-corrected chi connectivity index (χ0v) is 27.6. The number of halogens is 3. The van der Waals surface area contributed by atoms with Crippen molar-refractivity contribution in [3.8, 4) is 17.6 Å². The summed E-state index contributed by atoms with van der Waals surface area (Å²) in [6.07, 6.45) is 2.20. The van der Waals surface area contributed by atoms with E-state index >= 15 is 0 Å². The standard InChI is InChI=1S/C34H42F3N5O4S/c1-40(24-8-10-25(11-9-24)41-21-33(22-41)14-17-46-18-15-33)30-6-3-7-31-28(30)19-26(42(31)23-34(35,36)37)5-4-16-39-29-13-12-27(47(38,43)44)20-32(29)45-2/h3,6-7,12-13,19-20,24-25,39H,8-11,14-18,21-23H2,1-2H3,(H2,38,43,44)/t24-,25+. The van der Waals surface area contributed by atoms with E-state index < -0.39 is 22.7 Å². The first-order valence-corrected chi connectivity index (χ1v) is 17.6. The number of alkyl halides is 3. The lowest BCUT2D eigenvalue weighted by Crippen LogP contribution is -2.62. The highest BCUT2D eigenvalue weighted by Gasteiger charge is 2.46. The molecule has 0 amide bonds. The number of nitrogens with two attached hydrogens (primary N) is 1. The van der Waals surface area contributed by atoms with Gasteiger partial charge < -0.3 is 24.3 Å². The number of sulfonamides is 1. The van der Waals surface area contributed by atoms with Crippen LogP contribution in [0.1, 0.15) is 44.2 Å². The Balaban J connectivity index is 1.17. The van der Waals surface area contributed by atoms with Crippen LogP contribution in [0, 0.1) is 17.3 Å². The van der Waals surface area contributed by atoms with Crippen molar-refractivity contribution in [3.05, 3.63) is 48.2 Å². The summed E-state index contributed by atoms with van der Waals surface area (Å²) in [5.74, 6) is 6.10. The Labute approximate surface area is 274 Å². The molecular weight excluding hydrogens is 631 g/mol. The smallest absolute Gasteiger partial charge is 0.406 e. The molecule has 1 aliphatic carbocycles. The monoisotopic (exact) mass is 673 g/mol. The van der Waals surface area contributed by atoms with Crippen LogP contribution in [0.15, 0.2) is 47.4 Å². The van der Waals surface area contributed by atoms with Gasteiger partial charge in [-0.1, -0.05) is 12.0 Å². The molecule has 13 heteroatoms. The highest BCUT2D eigenvalue weighted by atomic mass is 32.2. The molecule has 3 aliphatic rings. The summed E-state index contributed by atoms with van der Waals surface area (Å²) >= 11 is 0. The maximum absolute atomic E-state index is 13.8. The number of nitrogens with one attached hydrogen (secondary N) is 1. The van der Waals surface area contributed by atoms with Gasteiger partial charge in [0.25, 0.3) is 0 Å². The predicted octanol–water partition coefficient (Wildman–Crippen LogP) is 5.18. The number of benzene rings is 2.